The van der Waals surface area contributed by atoms with Gasteiger partial charge in [0.15, 0.2) is 4.96 Å². The molecule has 7 heteroatoms. The van der Waals surface area contributed by atoms with E-state index in [1.165, 1.54) is 34.1 Å². The molecule has 1 N–H and O–H groups in total. The minimum absolute atomic E-state index is 0.0348. The molecule has 3 aromatic rings. The molecule has 0 radical (unpaired) electrons. The minimum atomic E-state index is -0.427. The summed E-state index contributed by atoms with van der Waals surface area (Å²) in [7, 11) is 0. The van der Waals surface area contributed by atoms with Crippen LogP contribution in [0.1, 0.15) is 35.0 Å². The van der Waals surface area contributed by atoms with Gasteiger partial charge in [-0.05, 0) is 44.4 Å². The number of carbonyl (C=O) groups excluding carboxylic acids is 1. The Morgan fingerprint density at radius 3 is 2.80 bits per heavy atom. The number of aryl methyl sites for hydroxylation is 2. The number of hydrogen-bond donors (Lipinski definition) is 1. The Morgan fingerprint density at radius 1 is 1.36 bits per heavy atom. The van der Waals surface area contributed by atoms with Gasteiger partial charge in [0.2, 0.25) is 0 Å². The van der Waals surface area contributed by atoms with E-state index in [1.807, 2.05) is 12.3 Å². The average Bonchev–Trinajstić information content (AvgIpc) is 2.96. The van der Waals surface area contributed by atoms with E-state index in [9.17, 15) is 14.0 Å². The monoisotopic (exact) mass is 359 g/mol. The molecule has 2 aromatic heterocycles. The number of amides is 1. The van der Waals surface area contributed by atoms with E-state index in [-0.39, 0.29) is 23.0 Å². The first kappa shape index (κ1) is 17.3. The van der Waals surface area contributed by atoms with Gasteiger partial charge in [-0.3, -0.25) is 14.0 Å². The molecule has 130 valence electrons. The third-order valence-corrected chi connectivity index (χ3v) is 4.98. The molecule has 3 rings (SSSR count). The van der Waals surface area contributed by atoms with Gasteiger partial charge in [0, 0.05) is 23.3 Å². The van der Waals surface area contributed by atoms with E-state index in [2.05, 4.69) is 10.3 Å². The van der Waals surface area contributed by atoms with Crippen LogP contribution in [0, 0.1) is 12.7 Å². The highest BCUT2D eigenvalue weighted by Gasteiger charge is 2.17. The molecule has 0 aliphatic rings. The summed E-state index contributed by atoms with van der Waals surface area (Å²) in [5.74, 6) is -0.693. The SMILES string of the molecule is Cc1csc2ncc(C(=O)N[C@H](C)CCc3ccc(F)cc3)c(=O)n12. The molecule has 0 unspecified atom stereocenters. The summed E-state index contributed by atoms with van der Waals surface area (Å²) in [4.78, 5) is 29.6. The van der Waals surface area contributed by atoms with Crippen LogP contribution in [0.15, 0.2) is 40.6 Å². The smallest absolute Gasteiger partial charge is 0.271 e. The van der Waals surface area contributed by atoms with E-state index in [1.54, 1.807) is 19.1 Å². The Labute approximate surface area is 148 Å². The molecule has 0 spiro atoms. The first-order chi connectivity index (χ1) is 12.0. The second kappa shape index (κ2) is 7.14. The quantitative estimate of drug-likeness (QED) is 0.762. The summed E-state index contributed by atoms with van der Waals surface area (Å²) in [6, 6.07) is 6.18. The van der Waals surface area contributed by atoms with E-state index in [0.29, 0.717) is 17.8 Å². The maximum absolute atomic E-state index is 12.9. The van der Waals surface area contributed by atoms with E-state index < -0.39 is 5.91 Å². The molecule has 0 saturated carbocycles. The van der Waals surface area contributed by atoms with Gasteiger partial charge in [0.1, 0.15) is 11.4 Å². The number of fused-ring (bicyclic) bond motifs is 1. The summed E-state index contributed by atoms with van der Waals surface area (Å²) in [6.45, 7) is 3.68. The third kappa shape index (κ3) is 3.76. The molecule has 1 aromatic carbocycles. The fourth-order valence-corrected chi connectivity index (χ4v) is 3.42. The van der Waals surface area contributed by atoms with Gasteiger partial charge in [-0.15, -0.1) is 11.3 Å². The molecule has 0 bridgehead atoms. The zero-order chi connectivity index (χ0) is 18.0. The van der Waals surface area contributed by atoms with E-state index >= 15 is 0 Å². The molecule has 5 nitrogen and oxygen atoms in total. The predicted molar refractivity (Wildman–Crippen MR) is 95.7 cm³/mol. The second-order valence-electron chi connectivity index (χ2n) is 6.01. The highest BCUT2D eigenvalue weighted by atomic mass is 32.1. The molecule has 0 saturated heterocycles. The Hall–Kier alpha value is -2.54. The van der Waals surface area contributed by atoms with Crippen molar-refractivity contribution in [2.45, 2.75) is 32.7 Å². The van der Waals surface area contributed by atoms with E-state index in [4.69, 9.17) is 0 Å². The van der Waals surface area contributed by atoms with Crippen LogP contribution in [-0.4, -0.2) is 21.3 Å². The minimum Gasteiger partial charge on any atom is -0.349 e. The standard InChI is InChI=1S/C18H18FN3O2S/c1-11(3-4-13-5-7-14(19)8-6-13)21-16(23)15-9-20-18-22(17(15)24)12(2)10-25-18/h5-11H,3-4H2,1-2H3,(H,21,23)/t11-/m1/s1. The molecule has 25 heavy (non-hydrogen) atoms. The number of nitrogens with zero attached hydrogens (tertiary/aromatic N) is 2. The van der Waals surface area contributed by atoms with Gasteiger partial charge in [-0.1, -0.05) is 12.1 Å². The fourth-order valence-electron chi connectivity index (χ4n) is 2.59. The van der Waals surface area contributed by atoms with Gasteiger partial charge >= 0.3 is 0 Å². The summed E-state index contributed by atoms with van der Waals surface area (Å²) in [5, 5.41) is 4.66. The van der Waals surface area contributed by atoms with Crippen molar-refractivity contribution in [2.24, 2.45) is 0 Å². The van der Waals surface area contributed by atoms with Crippen molar-refractivity contribution in [3.8, 4) is 0 Å². The maximum Gasteiger partial charge on any atom is 0.271 e. The predicted octanol–water partition coefficient (Wildman–Crippen LogP) is 2.95. The van der Waals surface area contributed by atoms with Crippen molar-refractivity contribution in [3.05, 3.63) is 68.8 Å². The Bertz CT molecular complexity index is 963. The number of aromatic nitrogens is 2. The highest BCUT2D eigenvalue weighted by Crippen LogP contribution is 2.11. The van der Waals surface area contributed by atoms with Crippen LogP contribution in [0.2, 0.25) is 0 Å². The summed E-state index contributed by atoms with van der Waals surface area (Å²) in [6.07, 6.45) is 2.73. The van der Waals surface area contributed by atoms with Crippen LogP contribution in [0.5, 0.6) is 0 Å². The number of benzene rings is 1. The first-order valence-corrected chi connectivity index (χ1v) is 8.85. The lowest BCUT2D eigenvalue weighted by molar-refractivity contribution is 0.0936. The van der Waals surface area contributed by atoms with Gasteiger partial charge < -0.3 is 5.32 Å². The van der Waals surface area contributed by atoms with Crippen molar-refractivity contribution < 1.29 is 9.18 Å². The van der Waals surface area contributed by atoms with Crippen LogP contribution in [0.25, 0.3) is 4.96 Å². The van der Waals surface area contributed by atoms with Crippen LogP contribution in [0.4, 0.5) is 4.39 Å². The molecule has 0 aliphatic carbocycles. The zero-order valence-corrected chi connectivity index (χ0v) is 14.8. The average molecular weight is 359 g/mol. The second-order valence-corrected chi connectivity index (χ2v) is 6.85. The van der Waals surface area contributed by atoms with Crippen molar-refractivity contribution in [2.75, 3.05) is 0 Å². The molecule has 0 aliphatic heterocycles. The van der Waals surface area contributed by atoms with Crippen molar-refractivity contribution in [3.63, 3.8) is 0 Å². The third-order valence-electron chi connectivity index (χ3n) is 4.02. The zero-order valence-electron chi connectivity index (χ0n) is 14.0. The molecular formula is C18H18FN3O2S. The number of halogens is 1. The summed E-state index contributed by atoms with van der Waals surface area (Å²) < 4.78 is 14.4. The number of hydrogen-bond acceptors (Lipinski definition) is 4. The number of carbonyl (C=O) groups is 1. The lowest BCUT2D eigenvalue weighted by Gasteiger charge is -2.13. The van der Waals surface area contributed by atoms with Gasteiger partial charge in [0.25, 0.3) is 11.5 Å². The highest BCUT2D eigenvalue weighted by molar-refractivity contribution is 7.15. The number of rotatable bonds is 5. The Balaban J connectivity index is 1.67. The molecular weight excluding hydrogens is 341 g/mol. The normalized spacial score (nSPS) is 12.3. The maximum atomic E-state index is 12.9. The van der Waals surface area contributed by atoms with Crippen LogP contribution in [-0.2, 0) is 6.42 Å². The van der Waals surface area contributed by atoms with Crippen LogP contribution >= 0.6 is 11.3 Å². The number of nitrogens with one attached hydrogen (secondary N) is 1. The van der Waals surface area contributed by atoms with Gasteiger partial charge in [-0.2, -0.15) is 0 Å². The van der Waals surface area contributed by atoms with Crippen molar-refractivity contribution >= 4 is 22.2 Å². The Morgan fingerprint density at radius 2 is 2.08 bits per heavy atom. The number of thiazole rings is 1. The van der Waals surface area contributed by atoms with Gasteiger partial charge in [0.05, 0.1) is 0 Å². The molecule has 1 amide bonds. The first-order valence-electron chi connectivity index (χ1n) is 7.97. The lowest BCUT2D eigenvalue weighted by Crippen LogP contribution is -2.37. The lowest BCUT2D eigenvalue weighted by atomic mass is 10.1. The summed E-state index contributed by atoms with van der Waals surface area (Å²) in [5.41, 5.74) is 1.44. The van der Waals surface area contributed by atoms with Crippen molar-refractivity contribution in [1.82, 2.24) is 14.7 Å². The Kier molecular flexibility index (Phi) is 4.94. The van der Waals surface area contributed by atoms with Crippen LogP contribution in [0.3, 0.4) is 0 Å². The fraction of sp³-hybridized carbons (Fsp3) is 0.278. The molecule has 1 atom stereocenters. The topological polar surface area (TPSA) is 63.5 Å². The largest absolute Gasteiger partial charge is 0.349 e. The molecule has 0 fully saturated rings. The van der Waals surface area contributed by atoms with Crippen LogP contribution < -0.4 is 10.9 Å². The van der Waals surface area contributed by atoms with E-state index in [0.717, 1.165) is 11.3 Å². The summed E-state index contributed by atoms with van der Waals surface area (Å²) >= 11 is 1.36. The van der Waals surface area contributed by atoms with Crippen molar-refractivity contribution in [1.29, 1.82) is 0 Å². The molecule has 2 heterocycles. The van der Waals surface area contributed by atoms with Gasteiger partial charge in [-0.25, -0.2) is 9.37 Å².